The number of carbonyl (C=O) groups excluding carboxylic acids is 1. The number of nitrogens with one attached hydrogen (secondary N) is 1. The number of benzene rings is 2. The van der Waals surface area contributed by atoms with Gasteiger partial charge in [-0.05, 0) is 36.6 Å². The Kier molecular flexibility index (Phi) is 7.04. The third kappa shape index (κ3) is 5.10. The highest BCUT2D eigenvalue weighted by atomic mass is 19.1. The quantitative estimate of drug-likeness (QED) is 0.763. The van der Waals surface area contributed by atoms with Crippen molar-refractivity contribution in [1.82, 2.24) is 4.90 Å². The van der Waals surface area contributed by atoms with Gasteiger partial charge in [-0.3, -0.25) is 9.69 Å². The summed E-state index contributed by atoms with van der Waals surface area (Å²) < 4.78 is 14.7. The predicted molar refractivity (Wildman–Crippen MR) is 113 cm³/mol. The number of anilines is 2. The molecule has 0 radical (unpaired) electrons. The van der Waals surface area contributed by atoms with Gasteiger partial charge < -0.3 is 10.2 Å². The first-order valence-electron chi connectivity index (χ1n) is 10.2. The molecule has 2 aromatic carbocycles. The standard InChI is InChI=1S/C23H30FN3O/c1-3-19(4-2)23(28)25-20-10-11-22(21(24)16-20)27-14-12-26(13-15-27)17-18-8-6-5-7-9-18/h5-11,16,19H,3-4,12-15,17H2,1-2H3,(H,25,28). The van der Waals surface area contributed by atoms with Crippen molar-refractivity contribution in [2.75, 3.05) is 36.4 Å². The number of amides is 1. The SMILES string of the molecule is CCC(CC)C(=O)Nc1ccc(N2CCN(Cc3ccccc3)CC2)c(F)c1. The molecule has 150 valence electrons. The van der Waals surface area contributed by atoms with Crippen molar-refractivity contribution < 1.29 is 9.18 Å². The maximum Gasteiger partial charge on any atom is 0.227 e. The zero-order valence-corrected chi connectivity index (χ0v) is 16.8. The highest BCUT2D eigenvalue weighted by Gasteiger charge is 2.20. The van der Waals surface area contributed by atoms with Crippen molar-refractivity contribution >= 4 is 17.3 Å². The first-order valence-corrected chi connectivity index (χ1v) is 10.2. The van der Waals surface area contributed by atoms with Crippen LogP contribution < -0.4 is 10.2 Å². The van der Waals surface area contributed by atoms with Crippen molar-refractivity contribution in [2.24, 2.45) is 5.92 Å². The van der Waals surface area contributed by atoms with Crippen molar-refractivity contribution in [1.29, 1.82) is 0 Å². The van der Waals surface area contributed by atoms with Gasteiger partial charge in [-0.1, -0.05) is 44.2 Å². The van der Waals surface area contributed by atoms with Crippen LogP contribution >= 0.6 is 0 Å². The van der Waals surface area contributed by atoms with E-state index in [4.69, 9.17) is 0 Å². The summed E-state index contributed by atoms with van der Waals surface area (Å²) >= 11 is 0. The predicted octanol–water partition coefficient (Wildman–Crippen LogP) is 4.52. The van der Waals surface area contributed by atoms with Crippen molar-refractivity contribution in [3.8, 4) is 0 Å². The van der Waals surface area contributed by atoms with E-state index in [2.05, 4.69) is 39.4 Å². The number of hydrogen-bond acceptors (Lipinski definition) is 3. The second kappa shape index (κ2) is 9.69. The summed E-state index contributed by atoms with van der Waals surface area (Å²) in [5, 5.41) is 2.84. The number of nitrogens with zero attached hydrogens (tertiary/aromatic N) is 2. The molecule has 0 saturated carbocycles. The van der Waals surface area contributed by atoms with Crippen LogP contribution in [0.15, 0.2) is 48.5 Å². The van der Waals surface area contributed by atoms with Gasteiger partial charge in [0.2, 0.25) is 5.91 Å². The molecule has 1 fully saturated rings. The maximum absolute atomic E-state index is 14.7. The normalized spacial score (nSPS) is 15.1. The van der Waals surface area contributed by atoms with Gasteiger partial charge in [-0.25, -0.2) is 4.39 Å². The number of carbonyl (C=O) groups is 1. The Bertz CT molecular complexity index is 769. The van der Waals surface area contributed by atoms with Crippen LogP contribution in [-0.2, 0) is 11.3 Å². The molecule has 1 heterocycles. The topological polar surface area (TPSA) is 35.6 Å². The second-order valence-corrected chi connectivity index (χ2v) is 7.42. The van der Waals surface area contributed by atoms with Crippen LogP contribution in [0.1, 0.15) is 32.3 Å². The fourth-order valence-electron chi connectivity index (χ4n) is 3.73. The molecule has 0 unspecified atom stereocenters. The van der Waals surface area contributed by atoms with E-state index in [9.17, 15) is 9.18 Å². The van der Waals surface area contributed by atoms with Crippen molar-refractivity contribution in [3.63, 3.8) is 0 Å². The Labute approximate surface area is 167 Å². The smallest absolute Gasteiger partial charge is 0.227 e. The van der Waals surface area contributed by atoms with E-state index in [0.29, 0.717) is 11.4 Å². The zero-order chi connectivity index (χ0) is 19.9. The van der Waals surface area contributed by atoms with Crippen LogP contribution in [0.5, 0.6) is 0 Å². The largest absolute Gasteiger partial charge is 0.367 e. The van der Waals surface area contributed by atoms with Gasteiger partial charge in [0.25, 0.3) is 0 Å². The van der Waals surface area contributed by atoms with Crippen LogP contribution in [0.25, 0.3) is 0 Å². The van der Waals surface area contributed by atoms with E-state index < -0.39 is 0 Å². The zero-order valence-electron chi connectivity index (χ0n) is 16.8. The summed E-state index contributed by atoms with van der Waals surface area (Å²) in [4.78, 5) is 16.7. The second-order valence-electron chi connectivity index (χ2n) is 7.42. The van der Waals surface area contributed by atoms with Crippen LogP contribution in [0, 0.1) is 11.7 Å². The molecule has 4 nitrogen and oxygen atoms in total. The summed E-state index contributed by atoms with van der Waals surface area (Å²) in [6, 6.07) is 15.4. The Morgan fingerprint density at radius 2 is 1.71 bits per heavy atom. The molecule has 5 heteroatoms. The Balaban J connectivity index is 1.57. The van der Waals surface area contributed by atoms with Gasteiger partial charge in [-0.15, -0.1) is 0 Å². The lowest BCUT2D eigenvalue weighted by Crippen LogP contribution is -2.46. The van der Waals surface area contributed by atoms with E-state index in [1.54, 1.807) is 12.1 Å². The van der Waals surface area contributed by atoms with Gasteiger partial charge in [0.1, 0.15) is 5.82 Å². The van der Waals surface area contributed by atoms with Crippen LogP contribution in [-0.4, -0.2) is 37.0 Å². The Hall–Kier alpha value is -2.40. The van der Waals surface area contributed by atoms with Crippen molar-refractivity contribution in [3.05, 3.63) is 59.9 Å². The van der Waals surface area contributed by atoms with E-state index >= 15 is 0 Å². The minimum absolute atomic E-state index is 0.0274. The van der Waals surface area contributed by atoms with Crippen LogP contribution in [0.3, 0.4) is 0 Å². The number of piperazine rings is 1. The maximum atomic E-state index is 14.7. The summed E-state index contributed by atoms with van der Waals surface area (Å²) in [7, 11) is 0. The molecule has 28 heavy (non-hydrogen) atoms. The van der Waals surface area contributed by atoms with Gasteiger partial charge in [0.15, 0.2) is 0 Å². The summed E-state index contributed by atoms with van der Waals surface area (Å²) in [6.45, 7) is 8.32. The summed E-state index contributed by atoms with van der Waals surface area (Å²) in [5.41, 5.74) is 2.44. The molecule has 1 N–H and O–H groups in total. The van der Waals surface area contributed by atoms with E-state index in [0.717, 1.165) is 45.6 Å². The van der Waals surface area contributed by atoms with Crippen molar-refractivity contribution in [2.45, 2.75) is 33.2 Å². The molecule has 0 bridgehead atoms. The lowest BCUT2D eigenvalue weighted by atomic mass is 10.0. The molecule has 0 spiro atoms. The molecule has 2 aromatic rings. The third-order valence-electron chi connectivity index (χ3n) is 5.53. The van der Waals surface area contributed by atoms with E-state index in [1.165, 1.54) is 11.6 Å². The Morgan fingerprint density at radius 3 is 2.32 bits per heavy atom. The molecule has 3 rings (SSSR count). The minimum Gasteiger partial charge on any atom is -0.367 e. The molecule has 1 saturated heterocycles. The Morgan fingerprint density at radius 1 is 1.04 bits per heavy atom. The van der Waals surface area contributed by atoms with Crippen LogP contribution in [0.2, 0.25) is 0 Å². The lowest BCUT2D eigenvalue weighted by molar-refractivity contribution is -0.120. The van der Waals surface area contributed by atoms with Crippen LogP contribution in [0.4, 0.5) is 15.8 Å². The summed E-state index contributed by atoms with van der Waals surface area (Å²) in [5.74, 6) is -0.342. The first-order chi connectivity index (χ1) is 13.6. The number of hydrogen-bond donors (Lipinski definition) is 1. The molecule has 0 atom stereocenters. The molecule has 0 aromatic heterocycles. The number of rotatable bonds is 7. The fraction of sp³-hybridized carbons (Fsp3) is 0.435. The average Bonchev–Trinajstić information content (AvgIpc) is 2.71. The van der Waals surface area contributed by atoms with E-state index in [1.807, 2.05) is 19.9 Å². The molecular weight excluding hydrogens is 353 g/mol. The van der Waals surface area contributed by atoms with E-state index in [-0.39, 0.29) is 17.6 Å². The minimum atomic E-state index is -0.279. The third-order valence-corrected chi connectivity index (χ3v) is 5.53. The molecule has 1 amide bonds. The molecule has 1 aliphatic rings. The summed E-state index contributed by atoms with van der Waals surface area (Å²) in [6.07, 6.45) is 1.58. The van der Waals surface area contributed by atoms with Gasteiger partial charge in [0.05, 0.1) is 5.69 Å². The highest BCUT2D eigenvalue weighted by molar-refractivity contribution is 5.92. The number of halogens is 1. The lowest BCUT2D eigenvalue weighted by Gasteiger charge is -2.36. The fourth-order valence-corrected chi connectivity index (χ4v) is 3.73. The van der Waals surface area contributed by atoms with Gasteiger partial charge >= 0.3 is 0 Å². The molecule has 0 aliphatic carbocycles. The van der Waals surface area contributed by atoms with Gasteiger partial charge in [0, 0.05) is 44.3 Å². The first kappa shape index (κ1) is 20.3. The molecule has 1 aliphatic heterocycles. The monoisotopic (exact) mass is 383 g/mol. The molecular formula is C23H30FN3O. The van der Waals surface area contributed by atoms with Gasteiger partial charge in [-0.2, -0.15) is 0 Å². The average molecular weight is 384 g/mol. The highest BCUT2D eigenvalue weighted by Crippen LogP contribution is 2.25.